The van der Waals surface area contributed by atoms with Gasteiger partial charge in [-0.1, -0.05) is 39.8 Å². The van der Waals surface area contributed by atoms with Gasteiger partial charge in [-0.05, 0) is 41.9 Å². The van der Waals surface area contributed by atoms with Crippen molar-refractivity contribution in [3.8, 4) is 0 Å². The third-order valence-electron chi connectivity index (χ3n) is 2.61. The molecule has 1 atom stereocenters. The van der Waals surface area contributed by atoms with Crippen LogP contribution in [0.25, 0.3) is 0 Å². The van der Waals surface area contributed by atoms with Crippen LogP contribution in [0, 0.1) is 18.2 Å². The van der Waals surface area contributed by atoms with Gasteiger partial charge in [0.1, 0.15) is 5.82 Å². The van der Waals surface area contributed by atoms with E-state index < -0.39 is 0 Å². The quantitative estimate of drug-likeness (QED) is 0.662. The molecular weight excluding hydrogens is 187 g/mol. The minimum absolute atomic E-state index is 0.0632. The van der Waals surface area contributed by atoms with Crippen LogP contribution in [-0.4, -0.2) is 0 Å². The van der Waals surface area contributed by atoms with Crippen molar-refractivity contribution in [3.63, 3.8) is 0 Å². The van der Waals surface area contributed by atoms with E-state index in [4.69, 9.17) is 0 Å². The summed E-state index contributed by atoms with van der Waals surface area (Å²) in [6, 6.07) is 5.52. The minimum atomic E-state index is -0.0632. The van der Waals surface area contributed by atoms with Crippen molar-refractivity contribution < 1.29 is 4.39 Å². The second-order valence-corrected chi connectivity index (χ2v) is 5.69. The molecular formula is C14H21F. The zero-order valence-electron chi connectivity index (χ0n) is 10.4. The van der Waals surface area contributed by atoms with Gasteiger partial charge in [-0.2, -0.15) is 0 Å². The molecule has 1 aromatic rings. The fraction of sp³-hybridized carbons (Fsp3) is 0.571. The summed E-state index contributed by atoms with van der Waals surface area (Å²) in [6.45, 7) is 10.6. The fourth-order valence-electron chi connectivity index (χ4n) is 2.06. The average Bonchev–Trinajstić information content (AvgIpc) is 1.99. The molecule has 15 heavy (non-hydrogen) atoms. The first kappa shape index (κ1) is 12.2. The third-order valence-corrected chi connectivity index (χ3v) is 2.61. The lowest BCUT2D eigenvalue weighted by Gasteiger charge is -2.23. The average molecular weight is 208 g/mol. The molecule has 0 aliphatic heterocycles. The Morgan fingerprint density at radius 1 is 1.27 bits per heavy atom. The molecule has 0 amide bonds. The zero-order chi connectivity index (χ0) is 11.6. The van der Waals surface area contributed by atoms with E-state index in [1.54, 1.807) is 6.07 Å². The van der Waals surface area contributed by atoms with E-state index in [0.29, 0.717) is 0 Å². The van der Waals surface area contributed by atoms with Crippen molar-refractivity contribution in [1.29, 1.82) is 0 Å². The summed E-state index contributed by atoms with van der Waals surface area (Å²) >= 11 is 0. The lowest BCUT2D eigenvalue weighted by atomic mass is 9.82. The molecule has 84 valence electrons. The molecule has 1 heteroatoms. The Balaban J connectivity index is 2.87. The summed E-state index contributed by atoms with van der Waals surface area (Å²) in [7, 11) is 0. The Morgan fingerprint density at radius 2 is 1.87 bits per heavy atom. The van der Waals surface area contributed by atoms with Gasteiger partial charge >= 0.3 is 0 Å². The Morgan fingerprint density at radius 3 is 2.33 bits per heavy atom. The maximum Gasteiger partial charge on any atom is 0.126 e. The van der Waals surface area contributed by atoms with Crippen LogP contribution >= 0.6 is 0 Å². The van der Waals surface area contributed by atoms with Crippen LogP contribution in [-0.2, 0) is 0 Å². The van der Waals surface area contributed by atoms with E-state index in [1.165, 1.54) is 0 Å². The normalized spacial score (nSPS) is 14.0. The van der Waals surface area contributed by atoms with E-state index in [9.17, 15) is 4.39 Å². The summed E-state index contributed by atoms with van der Waals surface area (Å²) in [5.41, 5.74) is 2.08. The zero-order valence-corrected chi connectivity index (χ0v) is 10.4. The minimum Gasteiger partial charge on any atom is -0.207 e. The predicted molar refractivity (Wildman–Crippen MR) is 63.6 cm³/mol. The molecule has 0 bridgehead atoms. The highest BCUT2D eigenvalue weighted by atomic mass is 19.1. The van der Waals surface area contributed by atoms with Crippen LogP contribution in [0.15, 0.2) is 18.2 Å². The number of halogens is 1. The summed E-state index contributed by atoms with van der Waals surface area (Å²) in [5.74, 6) is 0.220. The van der Waals surface area contributed by atoms with Crippen molar-refractivity contribution >= 4 is 0 Å². The topological polar surface area (TPSA) is 0 Å². The first-order valence-electron chi connectivity index (χ1n) is 5.55. The lowest BCUT2D eigenvalue weighted by Crippen LogP contribution is -2.10. The number of benzene rings is 1. The number of hydrogen-bond donors (Lipinski definition) is 0. The molecule has 0 N–H and O–H groups in total. The molecule has 0 fully saturated rings. The van der Waals surface area contributed by atoms with E-state index in [-0.39, 0.29) is 17.2 Å². The Bertz CT molecular complexity index is 334. The van der Waals surface area contributed by atoms with Crippen LogP contribution in [0.5, 0.6) is 0 Å². The molecule has 1 rings (SSSR count). The van der Waals surface area contributed by atoms with Gasteiger partial charge in [0.05, 0.1) is 0 Å². The molecule has 0 heterocycles. The predicted octanol–water partition coefficient (Wildman–Crippen LogP) is 4.67. The van der Waals surface area contributed by atoms with E-state index >= 15 is 0 Å². The highest BCUT2D eigenvalue weighted by molar-refractivity contribution is 5.26. The summed E-state index contributed by atoms with van der Waals surface area (Å²) < 4.78 is 13.7. The van der Waals surface area contributed by atoms with Gasteiger partial charge in [0, 0.05) is 0 Å². The summed E-state index contributed by atoms with van der Waals surface area (Å²) in [5, 5.41) is 0. The molecule has 0 unspecified atom stereocenters. The Kier molecular flexibility index (Phi) is 3.54. The molecule has 0 radical (unpaired) electrons. The largest absolute Gasteiger partial charge is 0.207 e. The van der Waals surface area contributed by atoms with E-state index in [2.05, 4.69) is 27.7 Å². The van der Waals surface area contributed by atoms with Crippen molar-refractivity contribution in [2.45, 2.75) is 47.0 Å². The second-order valence-electron chi connectivity index (χ2n) is 5.69. The van der Waals surface area contributed by atoms with Crippen LogP contribution in [0.3, 0.4) is 0 Å². The molecule has 0 spiro atoms. The van der Waals surface area contributed by atoms with Gasteiger partial charge in [-0.15, -0.1) is 0 Å². The fourth-order valence-corrected chi connectivity index (χ4v) is 2.06. The highest BCUT2D eigenvalue weighted by Crippen LogP contribution is 2.32. The summed E-state index contributed by atoms with van der Waals surface area (Å²) in [4.78, 5) is 0. The first-order chi connectivity index (χ1) is 6.79. The van der Waals surface area contributed by atoms with E-state index in [1.807, 2.05) is 19.1 Å². The highest BCUT2D eigenvalue weighted by Gasteiger charge is 2.18. The lowest BCUT2D eigenvalue weighted by molar-refractivity contribution is 0.345. The van der Waals surface area contributed by atoms with Gasteiger partial charge in [0.25, 0.3) is 0 Å². The second kappa shape index (κ2) is 4.34. The van der Waals surface area contributed by atoms with Gasteiger partial charge in [0.15, 0.2) is 0 Å². The van der Waals surface area contributed by atoms with Crippen LogP contribution in [0.1, 0.15) is 51.2 Å². The van der Waals surface area contributed by atoms with Crippen LogP contribution < -0.4 is 0 Å². The van der Waals surface area contributed by atoms with Crippen LogP contribution in [0.2, 0.25) is 0 Å². The van der Waals surface area contributed by atoms with E-state index in [0.717, 1.165) is 17.5 Å². The smallest absolute Gasteiger partial charge is 0.126 e. The van der Waals surface area contributed by atoms with Crippen molar-refractivity contribution in [2.24, 2.45) is 5.41 Å². The SMILES string of the molecule is Cc1ccc([C@H](C)CC(C)(C)C)c(F)c1. The van der Waals surface area contributed by atoms with Gasteiger partial charge in [0.2, 0.25) is 0 Å². The maximum atomic E-state index is 13.7. The van der Waals surface area contributed by atoms with Gasteiger partial charge in [-0.3, -0.25) is 0 Å². The van der Waals surface area contributed by atoms with Gasteiger partial charge in [-0.25, -0.2) is 4.39 Å². The first-order valence-corrected chi connectivity index (χ1v) is 5.55. The standard InChI is InChI=1S/C14H21F/c1-10-6-7-12(13(15)8-10)11(2)9-14(3,4)5/h6-8,11H,9H2,1-5H3/t11-/m1/s1. The number of hydrogen-bond acceptors (Lipinski definition) is 0. The number of aryl methyl sites for hydroxylation is 1. The van der Waals surface area contributed by atoms with Crippen molar-refractivity contribution in [2.75, 3.05) is 0 Å². The van der Waals surface area contributed by atoms with Crippen LogP contribution in [0.4, 0.5) is 4.39 Å². The third kappa shape index (κ3) is 3.65. The van der Waals surface area contributed by atoms with Crippen molar-refractivity contribution in [3.05, 3.63) is 35.1 Å². The maximum absolute atomic E-state index is 13.7. The molecule has 0 nitrogen and oxygen atoms in total. The Hall–Kier alpha value is -0.850. The number of rotatable bonds is 2. The molecule has 0 saturated carbocycles. The molecule has 0 aliphatic carbocycles. The summed E-state index contributed by atoms with van der Waals surface area (Å²) in [6.07, 6.45) is 1.01. The Labute approximate surface area is 92.5 Å². The molecule has 0 aliphatic rings. The monoisotopic (exact) mass is 208 g/mol. The molecule has 0 saturated heterocycles. The molecule has 0 aromatic heterocycles. The molecule has 1 aromatic carbocycles. The van der Waals surface area contributed by atoms with Crippen molar-refractivity contribution in [1.82, 2.24) is 0 Å². The van der Waals surface area contributed by atoms with Gasteiger partial charge < -0.3 is 0 Å².